The third-order valence-corrected chi connectivity index (χ3v) is 1.91. The molecule has 0 amide bonds. The van der Waals surface area contributed by atoms with Crippen LogP contribution in [0.15, 0.2) is 0 Å². The van der Waals surface area contributed by atoms with Gasteiger partial charge in [-0.2, -0.15) is 0 Å². The highest BCUT2D eigenvalue weighted by Gasteiger charge is 2.28. The zero-order chi connectivity index (χ0) is 8.91. The molecule has 2 nitrogen and oxygen atoms in total. The van der Waals surface area contributed by atoms with Crippen molar-refractivity contribution >= 4 is 0 Å². The van der Waals surface area contributed by atoms with Crippen LogP contribution in [0.5, 0.6) is 0 Å². The Balaban J connectivity index is 4.01. The largest absolute Gasteiger partial charge is 0.350 e. The molecule has 0 unspecified atom stereocenters. The fourth-order valence-electron chi connectivity index (χ4n) is 0.948. The summed E-state index contributed by atoms with van der Waals surface area (Å²) in [5.41, 5.74) is 0. The molecule has 0 saturated carbocycles. The summed E-state index contributed by atoms with van der Waals surface area (Å²) in [7, 11) is 0. The van der Waals surface area contributed by atoms with Crippen molar-refractivity contribution in [2.24, 2.45) is 5.92 Å². The van der Waals surface area contributed by atoms with Crippen LogP contribution in [0, 0.1) is 5.92 Å². The number of ether oxygens (including phenoxy) is 2. The molecule has 0 bridgehead atoms. The van der Waals surface area contributed by atoms with Gasteiger partial charge in [-0.25, -0.2) is 0 Å². The molecule has 68 valence electrons. The highest BCUT2D eigenvalue weighted by molar-refractivity contribution is 4.66. The summed E-state index contributed by atoms with van der Waals surface area (Å²) in [4.78, 5) is 0. The van der Waals surface area contributed by atoms with E-state index in [1.807, 2.05) is 20.8 Å². The van der Waals surface area contributed by atoms with Crippen LogP contribution in [0.1, 0.15) is 34.6 Å². The van der Waals surface area contributed by atoms with Gasteiger partial charge in [-0.1, -0.05) is 13.8 Å². The molecule has 0 aliphatic carbocycles. The predicted molar refractivity (Wildman–Crippen MR) is 46.5 cm³/mol. The Labute approximate surface area is 69.9 Å². The lowest BCUT2D eigenvalue weighted by molar-refractivity contribution is -0.245. The van der Waals surface area contributed by atoms with Gasteiger partial charge in [0.1, 0.15) is 0 Å². The topological polar surface area (TPSA) is 18.5 Å². The van der Waals surface area contributed by atoms with E-state index in [2.05, 4.69) is 13.8 Å². The molecule has 0 saturated heterocycles. The quantitative estimate of drug-likeness (QED) is 0.575. The molecular weight excluding hydrogens is 140 g/mol. The molecule has 0 aliphatic rings. The standard InChI is InChI=1S/C9H20O2/c1-6-10-9(5,8(3)4)11-7-2/h8H,6-7H2,1-5H3. The van der Waals surface area contributed by atoms with Crippen molar-refractivity contribution in [3.8, 4) is 0 Å². The van der Waals surface area contributed by atoms with Gasteiger partial charge in [0.05, 0.1) is 0 Å². The van der Waals surface area contributed by atoms with Crippen molar-refractivity contribution in [2.45, 2.75) is 40.4 Å². The third-order valence-electron chi connectivity index (χ3n) is 1.91. The van der Waals surface area contributed by atoms with E-state index in [-0.39, 0.29) is 0 Å². The SMILES string of the molecule is CCOC(C)(OCC)C(C)C. The number of hydrogen-bond donors (Lipinski definition) is 0. The number of rotatable bonds is 5. The van der Waals surface area contributed by atoms with Gasteiger partial charge < -0.3 is 9.47 Å². The Hall–Kier alpha value is -0.0800. The highest BCUT2D eigenvalue weighted by atomic mass is 16.7. The molecule has 2 heteroatoms. The molecule has 11 heavy (non-hydrogen) atoms. The summed E-state index contributed by atoms with van der Waals surface area (Å²) in [5, 5.41) is 0. The molecule has 0 N–H and O–H groups in total. The van der Waals surface area contributed by atoms with Crippen LogP contribution in [-0.4, -0.2) is 19.0 Å². The summed E-state index contributed by atoms with van der Waals surface area (Å²) in [6.07, 6.45) is 0. The summed E-state index contributed by atoms with van der Waals surface area (Å²) < 4.78 is 11.0. The van der Waals surface area contributed by atoms with Crippen LogP contribution in [-0.2, 0) is 9.47 Å². The van der Waals surface area contributed by atoms with E-state index in [9.17, 15) is 0 Å². The molecule has 0 aromatic heterocycles. The number of hydrogen-bond acceptors (Lipinski definition) is 2. The van der Waals surface area contributed by atoms with Crippen LogP contribution in [0.25, 0.3) is 0 Å². The molecule has 0 aromatic rings. The highest BCUT2D eigenvalue weighted by Crippen LogP contribution is 2.22. The zero-order valence-corrected chi connectivity index (χ0v) is 8.31. The molecule has 0 atom stereocenters. The molecule has 0 heterocycles. The van der Waals surface area contributed by atoms with Crippen LogP contribution >= 0.6 is 0 Å². The maximum atomic E-state index is 5.51. The average molecular weight is 160 g/mol. The summed E-state index contributed by atoms with van der Waals surface area (Å²) in [5.74, 6) is -0.00819. The predicted octanol–water partition coefficient (Wildman–Crippen LogP) is 2.43. The molecule has 0 aromatic carbocycles. The van der Waals surface area contributed by atoms with Gasteiger partial charge in [0, 0.05) is 19.1 Å². The zero-order valence-electron chi connectivity index (χ0n) is 8.31. The first kappa shape index (κ1) is 10.9. The van der Waals surface area contributed by atoms with Crippen molar-refractivity contribution < 1.29 is 9.47 Å². The lowest BCUT2D eigenvalue weighted by atomic mass is 10.1. The van der Waals surface area contributed by atoms with E-state index in [0.29, 0.717) is 19.1 Å². The Bertz CT molecular complexity index is 93.7. The average Bonchev–Trinajstić information content (AvgIpc) is 1.88. The van der Waals surface area contributed by atoms with E-state index in [1.54, 1.807) is 0 Å². The minimum atomic E-state index is -0.399. The Morgan fingerprint density at radius 3 is 1.64 bits per heavy atom. The van der Waals surface area contributed by atoms with Gasteiger partial charge in [-0.15, -0.1) is 0 Å². The van der Waals surface area contributed by atoms with Gasteiger partial charge in [0.15, 0.2) is 5.79 Å². The van der Waals surface area contributed by atoms with Gasteiger partial charge in [0.2, 0.25) is 0 Å². The maximum Gasteiger partial charge on any atom is 0.167 e. The second-order valence-electron chi connectivity index (χ2n) is 3.04. The molecular formula is C9H20O2. The lowest BCUT2D eigenvalue weighted by Gasteiger charge is -2.32. The van der Waals surface area contributed by atoms with Crippen LogP contribution in [0.2, 0.25) is 0 Å². The molecule has 0 radical (unpaired) electrons. The maximum absolute atomic E-state index is 5.51. The summed E-state index contributed by atoms with van der Waals surface area (Å²) in [6.45, 7) is 11.6. The minimum Gasteiger partial charge on any atom is -0.350 e. The van der Waals surface area contributed by atoms with Crippen LogP contribution in [0.3, 0.4) is 0 Å². The van der Waals surface area contributed by atoms with Gasteiger partial charge >= 0.3 is 0 Å². The first-order chi connectivity index (χ1) is 5.06. The van der Waals surface area contributed by atoms with Crippen molar-refractivity contribution in [3.05, 3.63) is 0 Å². The first-order valence-corrected chi connectivity index (χ1v) is 4.34. The van der Waals surface area contributed by atoms with Crippen molar-refractivity contribution in [1.82, 2.24) is 0 Å². The summed E-state index contributed by atoms with van der Waals surface area (Å²) >= 11 is 0. The Morgan fingerprint density at radius 2 is 1.45 bits per heavy atom. The van der Waals surface area contributed by atoms with Gasteiger partial charge in [-0.05, 0) is 20.8 Å². The minimum absolute atomic E-state index is 0.391. The first-order valence-electron chi connectivity index (χ1n) is 4.34. The van der Waals surface area contributed by atoms with Gasteiger partial charge in [0.25, 0.3) is 0 Å². The van der Waals surface area contributed by atoms with Crippen LogP contribution in [0.4, 0.5) is 0 Å². The second-order valence-corrected chi connectivity index (χ2v) is 3.04. The van der Waals surface area contributed by atoms with E-state index in [4.69, 9.17) is 9.47 Å². The van der Waals surface area contributed by atoms with Gasteiger partial charge in [-0.3, -0.25) is 0 Å². The third kappa shape index (κ3) is 3.21. The Kier molecular flexibility index (Phi) is 4.69. The van der Waals surface area contributed by atoms with Crippen molar-refractivity contribution in [1.29, 1.82) is 0 Å². The van der Waals surface area contributed by atoms with Crippen molar-refractivity contribution in [3.63, 3.8) is 0 Å². The second kappa shape index (κ2) is 4.73. The monoisotopic (exact) mass is 160 g/mol. The van der Waals surface area contributed by atoms with Crippen LogP contribution < -0.4 is 0 Å². The lowest BCUT2D eigenvalue weighted by Crippen LogP contribution is -2.38. The fourth-order valence-corrected chi connectivity index (χ4v) is 0.948. The van der Waals surface area contributed by atoms with E-state index in [0.717, 1.165) is 0 Å². The smallest absolute Gasteiger partial charge is 0.167 e. The van der Waals surface area contributed by atoms with E-state index >= 15 is 0 Å². The van der Waals surface area contributed by atoms with E-state index < -0.39 is 5.79 Å². The Morgan fingerprint density at radius 1 is 1.09 bits per heavy atom. The molecule has 0 fully saturated rings. The van der Waals surface area contributed by atoms with E-state index in [1.165, 1.54) is 0 Å². The summed E-state index contributed by atoms with van der Waals surface area (Å²) in [6, 6.07) is 0. The fraction of sp³-hybridized carbons (Fsp3) is 1.00. The molecule has 0 rings (SSSR count). The molecule has 0 aliphatic heterocycles. The normalized spacial score (nSPS) is 12.5. The van der Waals surface area contributed by atoms with Crippen molar-refractivity contribution in [2.75, 3.05) is 13.2 Å². The molecule has 0 spiro atoms.